The van der Waals surface area contributed by atoms with Crippen molar-refractivity contribution in [2.75, 3.05) is 32.6 Å². The van der Waals surface area contributed by atoms with Crippen molar-refractivity contribution in [1.29, 1.82) is 0 Å². The molecule has 1 fully saturated rings. The third kappa shape index (κ3) is 3.23. The maximum absolute atomic E-state index is 10.8. The number of nitrogens with one attached hydrogen (secondary N) is 1. The number of aromatic nitrogens is 3. The molecule has 3 atom stereocenters. The molecule has 0 radical (unpaired) electrons. The second-order valence-corrected chi connectivity index (χ2v) is 9.03. The van der Waals surface area contributed by atoms with Crippen LogP contribution in [0.1, 0.15) is 24.0 Å². The van der Waals surface area contributed by atoms with Crippen LogP contribution in [-0.4, -0.2) is 57.6 Å². The van der Waals surface area contributed by atoms with Crippen molar-refractivity contribution < 1.29 is 9.66 Å². The van der Waals surface area contributed by atoms with Gasteiger partial charge in [0.1, 0.15) is 18.0 Å². The maximum Gasteiger partial charge on any atom is 0.305 e. The van der Waals surface area contributed by atoms with Crippen LogP contribution in [0.3, 0.4) is 0 Å². The summed E-state index contributed by atoms with van der Waals surface area (Å²) >= 11 is 0. The van der Waals surface area contributed by atoms with Gasteiger partial charge >= 0.3 is 5.69 Å². The molecule has 168 valence electrons. The van der Waals surface area contributed by atoms with Crippen molar-refractivity contribution in [1.82, 2.24) is 19.4 Å². The van der Waals surface area contributed by atoms with Gasteiger partial charge in [0.25, 0.3) is 0 Å². The monoisotopic (exact) mass is 436 g/mol. The summed E-state index contributed by atoms with van der Waals surface area (Å²) < 4.78 is 8.60. The zero-order valence-corrected chi connectivity index (χ0v) is 18.6. The molecule has 9 nitrogen and oxygen atoms in total. The van der Waals surface area contributed by atoms with Gasteiger partial charge in [0, 0.05) is 50.4 Å². The molecule has 1 N–H and O–H groups in total. The van der Waals surface area contributed by atoms with Gasteiger partial charge in [0.05, 0.1) is 4.92 Å². The molecular formula is C23H28N6O3. The third-order valence-corrected chi connectivity index (χ3v) is 7.22. The Morgan fingerprint density at radius 1 is 1.31 bits per heavy atom. The smallest absolute Gasteiger partial charge is 0.305 e. The van der Waals surface area contributed by atoms with Crippen LogP contribution in [0.2, 0.25) is 0 Å². The molecule has 3 heterocycles. The van der Waals surface area contributed by atoms with E-state index in [2.05, 4.69) is 63.2 Å². The minimum atomic E-state index is -0.495. The maximum atomic E-state index is 10.8. The third-order valence-electron chi connectivity index (χ3n) is 7.22. The van der Waals surface area contributed by atoms with Gasteiger partial charge in [-0.25, -0.2) is 9.97 Å². The summed E-state index contributed by atoms with van der Waals surface area (Å²) in [5, 5.41) is 15.3. The summed E-state index contributed by atoms with van der Waals surface area (Å²) in [6.07, 6.45) is 7.60. The van der Waals surface area contributed by atoms with Crippen molar-refractivity contribution in [3.63, 3.8) is 0 Å². The lowest BCUT2D eigenvalue weighted by Gasteiger charge is -2.53. The van der Waals surface area contributed by atoms with Crippen molar-refractivity contribution in [2.45, 2.75) is 30.9 Å². The lowest BCUT2D eigenvalue weighted by Crippen LogP contribution is -2.59. The number of ether oxygens (including phenoxy) is 1. The van der Waals surface area contributed by atoms with Crippen molar-refractivity contribution >= 4 is 22.5 Å². The molecular weight excluding hydrogens is 408 g/mol. The van der Waals surface area contributed by atoms with Gasteiger partial charge < -0.3 is 14.6 Å². The fourth-order valence-corrected chi connectivity index (χ4v) is 5.80. The molecule has 3 aromatic rings. The van der Waals surface area contributed by atoms with E-state index in [4.69, 9.17) is 4.74 Å². The molecule has 0 amide bonds. The molecule has 32 heavy (non-hydrogen) atoms. The van der Waals surface area contributed by atoms with Crippen LogP contribution in [0.5, 0.6) is 0 Å². The number of hydrogen-bond donors (Lipinski definition) is 1. The fourth-order valence-electron chi connectivity index (χ4n) is 5.80. The van der Waals surface area contributed by atoms with E-state index < -0.39 is 4.92 Å². The minimum Gasteiger partial charge on any atom is -0.372 e. The highest BCUT2D eigenvalue weighted by molar-refractivity contribution is 5.89. The van der Waals surface area contributed by atoms with Crippen molar-refractivity contribution in [3.8, 4) is 0 Å². The number of aryl methyl sites for hydroxylation is 1. The highest BCUT2D eigenvalue weighted by atomic mass is 16.6. The molecule has 1 aromatic carbocycles. The Labute approximate surface area is 186 Å². The Morgan fingerprint density at radius 3 is 2.81 bits per heavy atom. The number of likely N-dealkylation sites (tertiary alicyclic amines) is 1. The van der Waals surface area contributed by atoms with Gasteiger partial charge in [0.15, 0.2) is 0 Å². The van der Waals surface area contributed by atoms with Crippen LogP contribution in [0.25, 0.3) is 10.9 Å². The highest BCUT2D eigenvalue weighted by Crippen LogP contribution is 2.50. The molecule has 1 aliphatic carbocycles. The zero-order chi connectivity index (χ0) is 22.5. The molecule has 9 heteroatoms. The Hall–Kier alpha value is -3.04. The van der Waals surface area contributed by atoms with Crippen LogP contribution in [-0.2, 0) is 23.8 Å². The number of piperidine rings is 1. The Balaban J connectivity index is 1.36. The van der Waals surface area contributed by atoms with Crippen molar-refractivity contribution in [3.05, 3.63) is 58.0 Å². The average molecular weight is 437 g/mol. The first-order valence-corrected chi connectivity index (χ1v) is 11.0. The van der Waals surface area contributed by atoms with E-state index >= 15 is 0 Å². The quantitative estimate of drug-likeness (QED) is 0.468. The van der Waals surface area contributed by atoms with E-state index in [1.165, 1.54) is 34.4 Å². The van der Waals surface area contributed by atoms with E-state index in [1.54, 1.807) is 0 Å². The van der Waals surface area contributed by atoms with E-state index in [0.717, 1.165) is 25.8 Å². The minimum absolute atomic E-state index is 0.107. The molecule has 0 bridgehead atoms. The van der Waals surface area contributed by atoms with Gasteiger partial charge in [0.2, 0.25) is 5.95 Å². The average Bonchev–Trinajstić information content (AvgIpc) is 3.11. The molecule has 0 saturated carbocycles. The Kier molecular flexibility index (Phi) is 5.10. The van der Waals surface area contributed by atoms with Crippen LogP contribution in [0, 0.1) is 16.0 Å². The number of fused-ring (bicyclic) bond motifs is 2. The van der Waals surface area contributed by atoms with E-state index in [-0.39, 0.29) is 11.3 Å². The number of anilines is 1. The van der Waals surface area contributed by atoms with Gasteiger partial charge in [-0.2, -0.15) is 0 Å². The van der Waals surface area contributed by atoms with E-state index in [9.17, 15) is 10.1 Å². The summed E-state index contributed by atoms with van der Waals surface area (Å²) in [6.45, 7) is 1.69. The normalized spacial score (nSPS) is 25.0. The van der Waals surface area contributed by atoms with Gasteiger partial charge in [-0.1, -0.05) is 12.1 Å². The second kappa shape index (κ2) is 7.83. The second-order valence-electron chi connectivity index (χ2n) is 9.03. The molecule has 2 aliphatic rings. The summed E-state index contributed by atoms with van der Waals surface area (Å²) in [6, 6.07) is 6.86. The predicted octanol–water partition coefficient (Wildman–Crippen LogP) is 3.10. The summed E-state index contributed by atoms with van der Waals surface area (Å²) in [5.74, 6) is 0.845. The highest BCUT2D eigenvalue weighted by Gasteiger charge is 2.51. The van der Waals surface area contributed by atoms with E-state index in [1.807, 2.05) is 7.11 Å². The van der Waals surface area contributed by atoms with Crippen LogP contribution < -0.4 is 5.32 Å². The largest absolute Gasteiger partial charge is 0.372 e. The molecule has 5 rings (SSSR count). The first-order chi connectivity index (χ1) is 15.4. The number of nitrogens with zero attached hydrogens (tertiary/aromatic N) is 5. The van der Waals surface area contributed by atoms with Gasteiger partial charge in [-0.15, -0.1) is 0 Å². The van der Waals surface area contributed by atoms with E-state index in [0.29, 0.717) is 24.5 Å². The summed E-state index contributed by atoms with van der Waals surface area (Å²) in [4.78, 5) is 20.8. The number of benzene rings is 1. The van der Waals surface area contributed by atoms with Gasteiger partial charge in [-0.05, 0) is 49.4 Å². The Bertz CT molecular complexity index is 1160. The zero-order valence-electron chi connectivity index (χ0n) is 18.6. The standard InChI is InChI=1S/C23H28N6O3/c1-27-14-16-9-20-23(32-3,18-5-4-6-19(27)21(16)18)10-15(13-28(20)2)7-8-24-22-25-11-17(12-26-22)29(30)31/h4-6,11-12,14-15,20H,7-10,13H2,1-3H3,(H,24,25,26)/t15-,20-,23+/m1/s1. The number of methoxy groups -OCH3 is 1. The van der Waals surface area contributed by atoms with Gasteiger partial charge in [-0.3, -0.25) is 15.0 Å². The van der Waals surface area contributed by atoms with Crippen LogP contribution in [0.15, 0.2) is 36.8 Å². The molecule has 0 unspecified atom stereocenters. The molecule has 2 aromatic heterocycles. The first-order valence-electron chi connectivity index (χ1n) is 11.0. The molecule has 1 saturated heterocycles. The molecule has 1 aliphatic heterocycles. The fraction of sp³-hybridized carbons (Fsp3) is 0.478. The van der Waals surface area contributed by atoms with Crippen molar-refractivity contribution in [2.24, 2.45) is 13.0 Å². The number of rotatable bonds is 6. The first kappa shape index (κ1) is 20.8. The summed E-state index contributed by atoms with van der Waals surface area (Å²) in [7, 11) is 6.16. The van der Waals surface area contributed by atoms with Crippen LogP contribution in [0.4, 0.5) is 11.6 Å². The number of likely N-dealkylation sites (N-methyl/N-ethyl adjacent to an activating group) is 1. The molecule has 0 spiro atoms. The number of hydrogen-bond acceptors (Lipinski definition) is 7. The Morgan fingerprint density at radius 2 is 2.09 bits per heavy atom. The summed E-state index contributed by atoms with van der Waals surface area (Å²) in [5.41, 5.74) is 3.51. The number of nitro groups is 1. The lowest BCUT2D eigenvalue weighted by atomic mass is 9.68. The van der Waals surface area contributed by atoms with Crippen LogP contribution >= 0.6 is 0 Å². The lowest BCUT2D eigenvalue weighted by molar-refractivity contribution is -0.385. The SMILES string of the molecule is CO[C@]12C[C@@H](CCNc3ncc([N+](=O)[O-])cn3)CN(C)[C@@H]1Cc1cn(C)c3cccc2c13. The predicted molar refractivity (Wildman–Crippen MR) is 122 cm³/mol. The topological polar surface area (TPSA) is 98.3 Å².